The van der Waals surface area contributed by atoms with E-state index in [-0.39, 0.29) is 0 Å². The molecule has 0 N–H and O–H groups in total. The van der Waals surface area contributed by atoms with E-state index in [0.29, 0.717) is 31.6 Å². The van der Waals surface area contributed by atoms with Crippen LogP contribution in [-0.4, -0.2) is 67.7 Å². The van der Waals surface area contributed by atoms with E-state index in [9.17, 15) is 4.79 Å². The molecule has 144 valence electrons. The monoisotopic (exact) mass is 360 g/mol. The first kappa shape index (κ1) is 19.3. The summed E-state index contributed by atoms with van der Waals surface area (Å²) in [6, 6.07) is 10.6. The second-order valence-electron chi connectivity index (χ2n) is 7.29. The minimum absolute atomic E-state index is 0.297. The fourth-order valence-corrected chi connectivity index (χ4v) is 3.83. The van der Waals surface area contributed by atoms with E-state index < -0.39 is 0 Å². The highest BCUT2D eigenvalue weighted by Crippen LogP contribution is 2.20. The van der Waals surface area contributed by atoms with Gasteiger partial charge in [0.2, 0.25) is 5.91 Å². The normalized spacial score (nSPS) is 21.7. The van der Waals surface area contributed by atoms with Crippen LogP contribution in [0.2, 0.25) is 0 Å². The maximum absolute atomic E-state index is 12.7. The Morgan fingerprint density at radius 1 is 1.12 bits per heavy atom. The van der Waals surface area contributed by atoms with Crippen molar-refractivity contribution in [2.75, 3.05) is 46.0 Å². The van der Waals surface area contributed by atoms with Crippen molar-refractivity contribution in [2.45, 2.75) is 44.8 Å². The summed E-state index contributed by atoms with van der Waals surface area (Å²) in [5, 5.41) is 0. The average molecular weight is 360 g/mol. The van der Waals surface area contributed by atoms with Crippen molar-refractivity contribution in [3.8, 4) is 0 Å². The molecule has 1 aromatic rings. The molecular formula is C21H32N2O3. The number of piperidine rings is 1. The number of morpholine rings is 1. The predicted octanol–water partition coefficient (Wildman–Crippen LogP) is 2.70. The molecule has 0 unspecified atom stereocenters. The molecule has 3 rings (SSSR count). The van der Waals surface area contributed by atoms with Crippen molar-refractivity contribution in [3.05, 3.63) is 35.9 Å². The van der Waals surface area contributed by atoms with E-state index in [2.05, 4.69) is 21.9 Å². The molecule has 2 aliphatic rings. The number of nitrogens with zero attached hydrogens (tertiary/aromatic N) is 2. The van der Waals surface area contributed by atoms with Crippen molar-refractivity contribution in [3.63, 3.8) is 0 Å². The Labute approximate surface area is 157 Å². The maximum Gasteiger partial charge on any atom is 0.222 e. The fraction of sp³-hybridized carbons (Fsp3) is 0.667. The number of benzene rings is 1. The second-order valence-corrected chi connectivity index (χ2v) is 7.29. The van der Waals surface area contributed by atoms with Gasteiger partial charge in [0.1, 0.15) is 0 Å². The molecule has 2 fully saturated rings. The lowest BCUT2D eigenvalue weighted by Crippen LogP contribution is -2.51. The Morgan fingerprint density at radius 2 is 1.92 bits per heavy atom. The minimum atomic E-state index is 0.297. The lowest BCUT2D eigenvalue weighted by Gasteiger charge is -2.39. The summed E-state index contributed by atoms with van der Waals surface area (Å²) in [5.74, 6) is 0.297. The topological polar surface area (TPSA) is 42.0 Å². The Kier molecular flexibility index (Phi) is 7.92. The average Bonchev–Trinajstić information content (AvgIpc) is 2.69. The van der Waals surface area contributed by atoms with Crippen LogP contribution in [0, 0.1) is 0 Å². The first-order chi connectivity index (χ1) is 12.8. The van der Waals surface area contributed by atoms with Gasteiger partial charge in [0.25, 0.3) is 0 Å². The van der Waals surface area contributed by atoms with E-state index >= 15 is 0 Å². The molecule has 5 nitrogen and oxygen atoms in total. The molecule has 0 saturated carbocycles. The quantitative estimate of drug-likeness (QED) is 0.669. The van der Waals surface area contributed by atoms with Crippen LogP contribution in [0.15, 0.2) is 30.3 Å². The van der Waals surface area contributed by atoms with Crippen molar-refractivity contribution in [1.29, 1.82) is 0 Å². The zero-order valence-corrected chi connectivity index (χ0v) is 15.8. The van der Waals surface area contributed by atoms with Crippen molar-refractivity contribution >= 4 is 5.91 Å². The summed E-state index contributed by atoms with van der Waals surface area (Å²) in [6.45, 7) is 6.80. The number of rotatable bonds is 8. The number of ether oxygens (including phenoxy) is 2. The van der Waals surface area contributed by atoms with Gasteiger partial charge in [0, 0.05) is 45.2 Å². The zero-order valence-electron chi connectivity index (χ0n) is 15.8. The number of carbonyl (C=O) groups excluding carboxylic acids is 1. The Hall–Kier alpha value is -1.43. The Bertz CT molecular complexity index is 531. The van der Waals surface area contributed by atoms with Crippen LogP contribution in [0.5, 0.6) is 0 Å². The smallest absolute Gasteiger partial charge is 0.222 e. The minimum Gasteiger partial charge on any atom is -0.379 e. The summed E-state index contributed by atoms with van der Waals surface area (Å²) in [4.78, 5) is 17.3. The number of likely N-dealkylation sites (tertiary alicyclic amines) is 1. The molecule has 2 heterocycles. The molecule has 2 saturated heterocycles. The number of hydrogen-bond acceptors (Lipinski definition) is 4. The standard InChI is InChI=1S/C21H32N2O3/c24-21(10-6-14-26-18-19-7-2-1-3-8-19)23-11-5-4-9-20(23)17-22-12-15-25-16-13-22/h1-3,7-8,20H,4-6,9-18H2/t20-/m1/s1. The molecular weight excluding hydrogens is 328 g/mol. The summed E-state index contributed by atoms with van der Waals surface area (Å²) >= 11 is 0. The van der Waals surface area contributed by atoms with Crippen LogP contribution < -0.4 is 0 Å². The summed E-state index contributed by atoms with van der Waals surface area (Å²) < 4.78 is 11.1. The van der Waals surface area contributed by atoms with E-state index in [1.807, 2.05) is 18.2 Å². The van der Waals surface area contributed by atoms with Gasteiger partial charge in [-0.25, -0.2) is 0 Å². The first-order valence-electron chi connectivity index (χ1n) is 10.0. The molecule has 2 aliphatic heterocycles. The van der Waals surface area contributed by atoms with Crippen LogP contribution in [0.4, 0.5) is 0 Å². The van der Waals surface area contributed by atoms with Crippen molar-refractivity contribution in [1.82, 2.24) is 9.80 Å². The van der Waals surface area contributed by atoms with E-state index in [1.165, 1.54) is 12.0 Å². The lowest BCUT2D eigenvalue weighted by atomic mass is 10.0. The molecule has 1 aromatic carbocycles. The summed E-state index contributed by atoms with van der Waals surface area (Å²) in [5.41, 5.74) is 1.18. The highest BCUT2D eigenvalue weighted by Gasteiger charge is 2.28. The van der Waals surface area contributed by atoms with Crippen molar-refractivity contribution < 1.29 is 14.3 Å². The van der Waals surface area contributed by atoms with Crippen LogP contribution in [-0.2, 0) is 20.9 Å². The van der Waals surface area contributed by atoms with Gasteiger partial charge in [-0.2, -0.15) is 0 Å². The molecule has 0 aromatic heterocycles. The van der Waals surface area contributed by atoms with E-state index in [1.54, 1.807) is 0 Å². The first-order valence-corrected chi connectivity index (χ1v) is 10.0. The highest BCUT2D eigenvalue weighted by molar-refractivity contribution is 5.76. The Morgan fingerprint density at radius 3 is 2.73 bits per heavy atom. The van der Waals surface area contributed by atoms with Crippen LogP contribution in [0.3, 0.4) is 0 Å². The molecule has 0 radical (unpaired) electrons. The summed E-state index contributed by atoms with van der Waals surface area (Å²) in [7, 11) is 0. The fourth-order valence-electron chi connectivity index (χ4n) is 3.83. The number of hydrogen-bond donors (Lipinski definition) is 0. The van der Waals surface area contributed by atoms with Gasteiger partial charge < -0.3 is 14.4 Å². The molecule has 1 atom stereocenters. The largest absolute Gasteiger partial charge is 0.379 e. The maximum atomic E-state index is 12.7. The lowest BCUT2D eigenvalue weighted by molar-refractivity contribution is -0.136. The number of amides is 1. The SMILES string of the molecule is O=C(CCCOCc1ccccc1)N1CCCC[C@@H]1CN1CCOCC1. The van der Waals surface area contributed by atoms with Gasteiger partial charge >= 0.3 is 0 Å². The highest BCUT2D eigenvalue weighted by atomic mass is 16.5. The predicted molar refractivity (Wildman–Crippen MR) is 102 cm³/mol. The summed E-state index contributed by atoms with van der Waals surface area (Å²) in [6.07, 6.45) is 4.89. The number of carbonyl (C=O) groups is 1. The van der Waals surface area contributed by atoms with Crippen LogP contribution in [0.25, 0.3) is 0 Å². The molecule has 5 heteroatoms. The molecule has 0 bridgehead atoms. The van der Waals surface area contributed by atoms with Gasteiger partial charge in [-0.1, -0.05) is 30.3 Å². The van der Waals surface area contributed by atoms with Gasteiger partial charge in [-0.3, -0.25) is 9.69 Å². The third-order valence-corrected chi connectivity index (χ3v) is 5.31. The van der Waals surface area contributed by atoms with Crippen molar-refractivity contribution in [2.24, 2.45) is 0 Å². The van der Waals surface area contributed by atoms with Crippen LogP contribution >= 0.6 is 0 Å². The third kappa shape index (κ3) is 6.08. The van der Waals surface area contributed by atoms with Gasteiger partial charge in [-0.15, -0.1) is 0 Å². The molecule has 0 spiro atoms. The third-order valence-electron chi connectivity index (χ3n) is 5.31. The second kappa shape index (κ2) is 10.7. The van der Waals surface area contributed by atoms with Gasteiger partial charge in [-0.05, 0) is 31.2 Å². The van der Waals surface area contributed by atoms with Gasteiger partial charge in [0.15, 0.2) is 0 Å². The molecule has 1 amide bonds. The van der Waals surface area contributed by atoms with Gasteiger partial charge in [0.05, 0.1) is 19.8 Å². The molecule has 0 aliphatic carbocycles. The zero-order chi connectivity index (χ0) is 18.0. The van der Waals surface area contributed by atoms with Crippen LogP contribution in [0.1, 0.15) is 37.7 Å². The van der Waals surface area contributed by atoms with E-state index in [0.717, 1.165) is 58.7 Å². The molecule has 26 heavy (non-hydrogen) atoms. The van der Waals surface area contributed by atoms with E-state index in [4.69, 9.17) is 9.47 Å². The Balaban J connectivity index is 1.37.